The van der Waals surface area contributed by atoms with Gasteiger partial charge in [0.15, 0.2) is 0 Å². The number of carboxylic acid groups (broad SMARTS) is 1. The minimum Gasteiger partial charge on any atom is -0.480 e. The summed E-state index contributed by atoms with van der Waals surface area (Å²) in [5.41, 5.74) is 0. The molecule has 0 radical (unpaired) electrons. The van der Waals surface area contributed by atoms with Crippen molar-refractivity contribution in [2.45, 2.75) is 32.2 Å². The number of hydrogen-bond donors (Lipinski definition) is 1. The molecule has 1 heterocycles. The van der Waals surface area contributed by atoms with Crippen LogP contribution in [0.1, 0.15) is 26.2 Å². The van der Waals surface area contributed by atoms with Gasteiger partial charge in [0, 0.05) is 0 Å². The third-order valence-electron chi connectivity index (χ3n) is 2.83. The Hall–Kier alpha value is -1.08. The van der Waals surface area contributed by atoms with E-state index in [0.717, 1.165) is 25.9 Å². The van der Waals surface area contributed by atoms with Gasteiger partial charge in [0.1, 0.15) is 6.04 Å². The lowest BCUT2D eigenvalue weighted by Crippen LogP contribution is -2.45. The van der Waals surface area contributed by atoms with Crippen LogP contribution in [0.25, 0.3) is 0 Å². The molecule has 4 heteroatoms. The molecule has 0 aliphatic carbocycles. The van der Waals surface area contributed by atoms with Crippen LogP contribution in [-0.4, -0.2) is 35.1 Å². The van der Waals surface area contributed by atoms with Crippen molar-refractivity contribution in [2.75, 3.05) is 13.1 Å². The molecule has 0 saturated carbocycles. The van der Waals surface area contributed by atoms with Crippen LogP contribution in [0.3, 0.4) is 0 Å². The summed E-state index contributed by atoms with van der Waals surface area (Å²) in [6, 6.07) is 1.33. The molecule has 1 saturated heterocycles. The number of aliphatic carboxylic acids is 1. The van der Waals surface area contributed by atoms with Gasteiger partial charge in [0.25, 0.3) is 0 Å². The first-order valence-electron chi connectivity index (χ1n) is 4.99. The zero-order valence-electron chi connectivity index (χ0n) is 8.44. The predicted octanol–water partition coefficient (Wildman–Crippen LogP) is 1.09. The smallest absolute Gasteiger partial charge is 0.321 e. The van der Waals surface area contributed by atoms with Crippen LogP contribution >= 0.6 is 0 Å². The van der Waals surface area contributed by atoms with E-state index >= 15 is 0 Å². The number of hydrogen-bond acceptors (Lipinski definition) is 3. The number of likely N-dealkylation sites (tertiary alicyclic amines) is 1. The summed E-state index contributed by atoms with van der Waals surface area (Å²) in [4.78, 5) is 12.8. The molecule has 78 valence electrons. The number of rotatable bonds is 3. The Morgan fingerprint density at radius 1 is 1.64 bits per heavy atom. The van der Waals surface area contributed by atoms with Crippen molar-refractivity contribution < 1.29 is 9.90 Å². The van der Waals surface area contributed by atoms with Crippen LogP contribution < -0.4 is 0 Å². The average Bonchev–Trinajstić information content (AvgIpc) is 2.15. The second-order valence-electron chi connectivity index (χ2n) is 3.93. The van der Waals surface area contributed by atoms with E-state index in [-0.39, 0.29) is 6.42 Å². The van der Waals surface area contributed by atoms with Crippen molar-refractivity contribution in [3.05, 3.63) is 0 Å². The fourth-order valence-corrected chi connectivity index (χ4v) is 1.80. The van der Waals surface area contributed by atoms with Crippen LogP contribution in [0.15, 0.2) is 0 Å². The quantitative estimate of drug-likeness (QED) is 0.733. The highest BCUT2D eigenvalue weighted by Crippen LogP contribution is 2.19. The molecule has 1 aliphatic rings. The molecule has 4 nitrogen and oxygen atoms in total. The highest BCUT2D eigenvalue weighted by Gasteiger charge is 2.27. The number of carboxylic acids is 1. The molecule has 1 unspecified atom stereocenters. The maximum absolute atomic E-state index is 10.9. The number of piperidine rings is 1. The fraction of sp³-hybridized carbons (Fsp3) is 0.800. The third-order valence-corrected chi connectivity index (χ3v) is 2.83. The molecule has 1 aliphatic heterocycles. The van der Waals surface area contributed by atoms with Crippen molar-refractivity contribution in [3.8, 4) is 6.07 Å². The Labute approximate surface area is 84.1 Å². The van der Waals surface area contributed by atoms with E-state index in [1.54, 1.807) is 0 Å². The van der Waals surface area contributed by atoms with Gasteiger partial charge in [-0.2, -0.15) is 5.26 Å². The third kappa shape index (κ3) is 2.71. The Morgan fingerprint density at radius 2 is 2.21 bits per heavy atom. The van der Waals surface area contributed by atoms with Gasteiger partial charge in [0.05, 0.1) is 12.5 Å². The van der Waals surface area contributed by atoms with Gasteiger partial charge >= 0.3 is 5.97 Å². The topological polar surface area (TPSA) is 64.3 Å². The van der Waals surface area contributed by atoms with Gasteiger partial charge in [0.2, 0.25) is 0 Å². The van der Waals surface area contributed by atoms with Crippen molar-refractivity contribution in [3.63, 3.8) is 0 Å². The van der Waals surface area contributed by atoms with Crippen LogP contribution in [0.2, 0.25) is 0 Å². The minimum atomic E-state index is -0.874. The van der Waals surface area contributed by atoms with Crippen LogP contribution in [0.4, 0.5) is 0 Å². The van der Waals surface area contributed by atoms with Crippen LogP contribution in [0, 0.1) is 17.2 Å². The minimum absolute atomic E-state index is 0.0870. The number of nitriles is 1. The first-order chi connectivity index (χ1) is 6.65. The second kappa shape index (κ2) is 4.97. The Bertz CT molecular complexity index is 239. The molecule has 1 fully saturated rings. The lowest BCUT2D eigenvalue weighted by Gasteiger charge is -2.33. The first-order valence-corrected chi connectivity index (χ1v) is 4.99. The molecule has 0 aromatic carbocycles. The molecule has 1 atom stereocenters. The maximum atomic E-state index is 10.9. The summed E-state index contributed by atoms with van der Waals surface area (Å²) >= 11 is 0. The Balaban J connectivity index is 2.52. The van der Waals surface area contributed by atoms with Gasteiger partial charge in [-0.05, 0) is 31.8 Å². The molecular weight excluding hydrogens is 180 g/mol. The highest BCUT2D eigenvalue weighted by atomic mass is 16.4. The predicted molar refractivity (Wildman–Crippen MR) is 51.6 cm³/mol. The van der Waals surface area contributed by atoms with Gasteiger partial charge < -0.3 is 5.11 Å². The SMILES string of the molecule is CC1CCN(C(CC#N)C(=O)O)CC1. The molecule has 0 amide bonds. The van der Waals surface area contributed by atoms with Crippen molar-refractivity contribution in [2.24, 2.45) is 5.92 Å². The summed E-state index contributed by atoms with van der Waals surface area (Å²) in [5, 5.41) is 17.5. The molecule has 1 N–H and O–H groups in total. The molecular formula is C10H16N2O2. The van der Waals surface area contributed by atoms with E-state index in [0.29, 0.717) is 5.92 Å². The maximum Gasteiger partial charge on any atom is 0.321 e. The molecule has 1 rings (SSSR count). The average molecular weight is 196 g/mol. The molecule has 0 aromatic rings. The van der Waals surface area contributed by atoms with Gasteiger partial charge in [-0.3, -0.25) is 9.69 Å². The van der Waals surface area contributed by atoms with Crippen molar-refractivity contribution >= 4 is 5.97 Å². The zero-order chi connectivity index (χ0) is 10.6. The van der Waals surface area contributed by atoms with E-state index in [4.69, 9.17) is 10.4 Å². The highest BCUT2D eigenvalue weighted by molar-refractivity contribution is 5.73. The normalized spacial score (nSPS) is 21.4. The standard InChI is InChI=1S/C10H16N2O2/c1-8-3-6-12(7-4-8)9(2-5-11)10(13)14/h8-9H,2-4,6-7H2,1H3,(H,13,14). The van der Waals surface area contributed by atoms with Crippen molar-refractivity contribution in [1.29, 1.82) is 5.26 Å². The molecule has 0 spiro atoms. The Kier molecular flexibility index (Phi) is 3.90. The first kappa shape index (κ1) is 11.0. The fourth-order valence-electron chi connectivity index (χ4n) is 1.80. The van der Waals surface area contributed by atoms with E-state index in [1.807, 2.05) is 11.0 Å². The second-order valence-corrected chi connectivity index (χ2v) is 3.93. The van der Waals surface area contributed by atoms with Gasteiger partial charge in [-0.15, -0.1) is 0 Å². The molecule has 0 aromatic heterocycles. The van der Waals surface area contributed by atoms with Crippen LogP contribution in [-0.2, 0) is 4.79 Å². The summed E-state index contributed by atoms with van der Waals surface area (Å²) in [7, 11) is 0. The van der Waals surface area contributed by atoms with E-state index in [9.17, 15) is 4.79 Å². The van der Waals surface area contributed by atoms with Gasteiger partial charge in [-0.1, -0.05) is 6.92 Å². The van der Waals surface area contributed by atoms with Crippen LogP contribution in [0.5, 0.6) is 0 Å². The largest absolute Gasteiger partial charge is 0.480 e. The van der Waals surface area contributed by atoms with E-state index < -0.39 is 12.0 Å². The van der Waals surface area contributed by atoms with Crippen molar-refractivity contribution in [1.82, 2.24) is 4.90 Å². The van der Waals surface area contributed by atoms with Gasteiger partial charge in [-0.25, -0.2) is 0 Å². The monoisotopic (exact) mass is 196 g/mol. The number of nitrogens with zero attached hydrogens (tertiary/aromatic N) is 2. The molecule has 0 bridgehead atoms. The Morgan fingerprint density at radius 3 is 2.64 bits per heavy atom. The number of carbonyl (C=O) groups is 1. The lowest BCUT2D eigenvalue weighted by atomic mass is 9.97. The molecule has 14 heavy (non-hydrogen) atoms. The summed E-state index contributed by atoms with van der Waals surface area (Å²) in [6.45, 7) is 3.79. The lowest BCUT2D eigenvalue weighted by molar-refractivity contribution is -0.143. The zero-order valence-corrected chi connectivity index (χ0v) is 8.44. The summed E-state index contributed by atoms with van der Waals surface area (Å²) in [5.74, 6) is -0.191. The summed E-state index contributed by atoms with van der Waals surface area (Å²) < 4.78 is 0. The van der Waals surface area contributed by atoms with E-state index in [1.165, 1.54) is 0 Å². The van der Waals surface area contributed by atoms with E-state index in [2.05, 4.69) is 6.92 Å². The summed E-state index contributed by atoms with van der Waals surface area (Å²) in [6.07, 6.45) is 2.16.